The highest BCUT2D eigenvalue weighted by atomic mass is 16.5. The number of hydrogen-bond acceptors (Lipinski definition) is 4. The van der Waals surface area contributed by atoms with Gasteiger partial charge < -0.3 is 15.3 Å². The predicted molar refractivity (Wildman–Crippen MR) is 67.4 cm³/mol. The van der Waals surface area contributed by atoms with Crippen molar-refractivity contribution in [3.05, 3.63) is 59.2 Å². The largest absolute Gasteiger partial charge is 0.619 e. The van der Waals surface area contributed by atoms with Crippen LogP contribution in [0.25, 0.3) is 0 Å². The molecule has 0 aliphatic carbocycles. The van der Waals surface area contributed by atoms with Crippen LogP contribution < -0.4 is 14.8 Å². The zero-order valence-electron chi connectivity index (χ0n) is 10.4. The molecule has 6 heteroatoms. The van der Waals surface area contributed by atoms with Gasteiger partial charge in [0.15, 0.2) is 12.4 Å². The molecule has 0 fully saturated rings. The van der Waals surface area contributed by atoms with Crippen molar-refractivity contribution in [1.82, 2.24) is 10.3 Å². The molecule has 0 aromatic carbocycles. The van der Waals surface area contributed by atoms with Gasteiger partial charge >= 0.3 is 0 Å². The van der Waals surface area contributed by atoms with Crippen LogP contribution in [-0.2, 0) is 6.54 Å². The first kappa shape index (κ1) is 12.8. The van der Waals surface area contributed by atoms with Crippen molar-refractivity contribution in [1.29, 1.82) is 0 Å². The van der Waals surface area contributed by atoms with Crippen LogP contribution in [0.2, 0.25) is 0 Å². The molecule has 0 aliphatic heterocycles. The lowest BCUT2D eigenvalue weighted by Gasteiger charge is -2.05. The molecule has 0 spiro atoms. The Kier molecular flexibility index (Phi) is 3.92. The zero-order valence-corrected chi connectivity index (χ0v) is 10.4. The Morgan fingerprint density at radius 2 is 2.11 bits per heavy atom. The number of amides is 1. The summed E-state index contributed by atoms with van der Waals surface area (Å²) in [7, 11) is 1.54. The van der Waals surface area contributed by atoms with E-state index in [0.717, 1.165) is 5.56 Å². The Morgan fingerprint density at radius 1 is 1.37 bits per heavy atom. The van der Waals surface area contributed by atoms with Gasteiger partial charge in [-0.2, -0.15) is 4.73 Å². The lowest BCUT2D eigenvalue weighted by Crippen LogP contribution is -2.27. The van der Waals surface area contributed by atoms with E-state index in [1.807, 2.05) is 6.07 Å². The molecule has 1 amide bonds. The Balaban J connectivity index is 1.94. The summed E-state index contributed by atoms with van der Waals surface area (Å²) in [4.78, 5) is 15.8. The Bertz CT molecular complexity index is 552. The normalized spacial score (nSPS) is 9.95. The molecule has 2 aromatic heterocycles. The van der Waals surface area contributed by atoms with Crippen molar-refractivity contribution in [2.75, 3.05) is 7.11 Å². The average molecular weight is 259 g/mol. The molecule has 98 valence electrons. The number of carbonyl (C=O) groups is 1. The summed E-state index contributed by atoms with van der Waals surface area (Å²) in [6.45, 7) is 0.363. The first-order valence-corrected chi connectivity index (χ1v) is 5.65. The van der Waals surface area contributed by atoms with Gasteiger partial charge in [-0.1, -0.05) is 6.07 Å². The molecule has 19 heavy (non-hydrogen) atoms. The Hall–Kier alpha value is -2.63. The van der Waals surface area contributed by atoms with Gasteiger partial charge in [0.05, 0.1) is 12.7 Å². The minimum Gasteiger partial charge on any atom is -0.619 e. The molecule has 0 aliphatic rings. The van der Waals surface area contributed by atoms with E-state index < -0.39 is 0 Å². The van der Waals surface area contributed by atoms with E-state index in [0.29, 0.717) is 22.7 Å². The second-order valence-corrected chi connectivity index (χ2v) is 3.84. The number of rotatable bonds is 4. The fourth-order valence-electron chi connectivity index (χ4n) is 1.48. The summed E-state index contributed by atoms with van der Waals surface area (Å²) in [6.07, 6.45) is 4.20. The highest BCUT2D eigenvalue weighted by Crippen LogP contribution is 2.06. The first-order chi connectivity index (χ1) is 9.19. The molecule has 0 radical (unpaired) electrons. The van der Waals surface area contributed by atoms with Gasteiger partial charge in [0, 0.05) is 30.9 Å². The smallest absolute Gasteiger partial charge is 0.252 e. The van der Waals surface area contributed by atoms with Crippen molar-refractivity contribution >= 4 is 5.91 Å². The van der Waals surface area contributed by atoms with Crippen LogP contribution in [0.4, 0.5) is 0 Å². The second kappa shape index (κ2) is 5.81. The maximum absolute atomic E-state index is 11.8. The second-order valence-electron chi connectivity index (χ2n) is 3.84. The molecule has 0 saturated carbocycles. The number of hydrogen-bond donors (Lipinski definition) is 1. The van der Waals surface area contributed by atoms with Crippen LogP contribution in [0.15, 0.2) is 42.9 Å². The number of pyridine rings is 2. The predicted octanol–water partition coefficient (Wildman–Crippen LogP) is 0.654. The maximum Gasteiger partial charge on any atom is 0.252 e. The number of carbonyl (C=O) groups excluding carboxylic acids is 1. The lowest BCUT2D eigenvalue weighted by molar-refractivity contribution is -0.605. The molecule has 0 saturated heterocycles. The van der Waals surface area contributed by atoms with Gasteiger partial charge in [-0.3, -0.25) is 4.79 Å². The lowest BCUT2D eigenvalue weighted by atomic mass is 10.2. The first-order valence-electron chi connectivity index (χ1n) is 5.65. The molecule has 6 nitrogen and oxygen atoms in total. The van der Waals surface area contributed by atoms with Crippen LogP contribution in [0.3, 0.4) is 0 Å². The fraction of sp³-hybridized carbons (Fsp3) is 0.154. The van der Waals surface area contributed by atoms with Gasteiger partial charge in [0.1, 0.15) is 0 Å². The van der Waals surface area contributed by atoms with E-state index in [-0.39, 0.29) is 5.91 Å². The number of ether oxygens (including phenoxy) is 1. The average Bonchev–Trinajstić information content (AvgIpc) is 2.46. The molecule has 0 bridgehead atoms. The van der Waals surface area contributed by atoms with Crippen LogP contribution >= 0.6 is 0 Å². The summed E-state index contributed by atoms with van der Waals surface area (Å²) in [6, 6.07) is 6.48. The van der Waals surface area contributed by atoms with Gasteiger partial charge in [-0.15, -0.1) is 0 Å². The van der Waals surface area contributed by atoms with E-state index >= 15 is 0 Å². The highest BCUT2D eigenvalue weighted by molar-refractivity contribution is 5.93. The standard InChI is InChI=1S/C13H13N3O3/c1-19-12-3-2-10(8-14-12)9-15-13(17)11-4-6-16(18)7-5-11/h2-8H,9H2,1H3,(H,15,17). The van der Waals surface area contributed by atoms with Crippen molar-refractivity contribution in [2.24, 2.45) is 0 Å². The van der Waals surface area contributed by atoms with Gasteiger partial charge in [-0.25, -0.2) is 4.98 Å². The van der Waals surface area contributed by atoms with Gasteiger partial charge in [0.25, 0.3) is 5.91 Å². The maximum atomic E-state index is 11.8. The minimum absolute atomic E-state index is 0.239. The third-order valence-electron chi connectivity index (χ3n) is 2.52. The van der Waals surface area contributed by atoms with E-state index in [9.17, 15) is 10.0 Å². The molecule has 2 rings (SSSR count). The van der Waals surface area contributed by atoms with E-state index in [1.165, 1.54) is 24.5 Å². The fourth-order valence-corrected chi connectivity index (χ4v) is 1.48. The quantitative estimate of drug-likeness (QED) is 0.646. The van der Waals surface area contributed by atoms with Crippen LogP contribution in [0.1, 0.15) is 15.9 Å². The van der Waals surface area contributed by atoms with Crippen molar-refractivity contribution in [3.8, 4) is 5.88 Å². The van der Waals surface area contributed by atoms with E-state index in [4.69, 9.17) is 4.74 Å². The monoisotopic (exact) mass is 259 g/mol. The number of nitrogens with zero attached hydrogens (tertiary/aromatic N) is 2. The molecule has 2 heterocycles. The van der Waals surface area contributed by atoms with Gasteiger partial charge in [0.2, 0.25) is 5.88 Å². The van der Waals surface area contributed by atoms with Crippen molar-refractivity contribution in [3.63, 3.8) is 0 Å². The SMILES string of the molecule is COc1ccc(CNC(=O)c2cc[n+]([O-])cc2)cn1. The van der Waals surface area contributed by atoms with Crippen LogP contribution in [-0.4, -0.2) is 18.0 Å². The van der Waals surface area contributed by atoms with Crippen molar-refractivity contribution < 1.29 is 14.3 Å². The van der Waals surface area contributed by atoms with Crippen LogP contribution in [0.5, 0.6) is 5.88 Å². The molecule has 0 atom stereocenters. The molecule has 1 N–H and O–H groups in total. The Labute approximate surface area is 110 Å². The summed E-state index contributed by atoms with van der Waals surface area (Å²) in [5, 5.41) is 13.6. The number of methoxy groups -OCH3 is 1. The van der Waals surface area contributed by atoms with Crippen molar-refractivity contribution in [2.45, 2.75) is 6.54 Å². The van der Waals surface area contributed by atoms with Crippen LogP contribution in [0, 0.1) is 5.21 Å². The molecule has 0 unspecified atom stereocenters. The third-order valence-corrected chi connectivity index (χ3v) is 2.52. The van der Waals surface area contributed by atoms with E-state index in [1.54, 1.807) is 19.4 Å². The van der Waals surface area contributed by atoms with Gasteiger partial charge in [-0.05, 0) is 5.56 Å². The number of aromatic nitrogens is 2. The topological polar surface area (TPSA) is 78.2 Å². The summed E-state index contributed by atoms with van der Waals surface area (Å²) >= 11 is 0. The number of nitrogens with one attached hydrogen (secondary N) is 1. The summed E-state index contributed by atoms with van der Waals surface area (Å²) in [5.41, 5.74) is 1.30. The zero-order chi connectivity index (χ0) is 13.7. The van der Waals surface area contributed by atoms with E-state index in [2.05, 4.69) is 10.3 Å². The third kappa shape index (κ3) is 3.41. The molecular weight excluding hydrogens is 246 g/mol. The summed E-state index contributed by atoms with van der Waals surface area (Å²) in [5.74, 6) is 0.287. The highest BCUT2D eigenvalue weighted by Gasteiger charge is 2.06. The molecular formula is C13H13N3O3. The molecule has 2 aromatic rings. The Morgan fingerprint density at radius 3 is 2.68 bits per heavy atom. The minimum atomic E-state index is -0.239. The summed E-state index contributed by atoms with van der Waals surface area (Å²) < 4.78 is 5.57.